The first-order chi connectivity index (χ1) is 9.53. The van der Waals surface area contributed by atoms with Crippen molar-refractivity contribution in [3.8, 4) is 0 Å². The van der Waals surface area contributed by atoms with Gasteiger partial charge in [0.1, 0.15) is 0 Å². The molecule has 2 aromatic rings. The van der Waals surface area contributed by atoms with Crippen LogP contribution in [0, 0.1) is 0 Å². The van der Waals surface area contributed by atoms with Crippen LogP contribution in [-0.4, -0.2) is 20.6 Å². The number of hydrogen-bond acceptors (Lipinski definition) is 4. The number of fused-ring (bicyclic) bond motifs is 1. The van der Waals surface area contributed by atoms with E-state index in [0.29, 0.717) is 0 Å². The normalized spacial score (nSPS) is 11.2. The lowest BCUT2D eigenvalue weighted by Gasteiger charge is -2.07. The van der Waals surface area contributed by atoms with Gasteiger partial charge in [-0.1, -0.05) is 30.3 Å². The van der Waals surface area contributed by atoms with Crippen LogP contribution < -0.4 is 4.72 Å². The third-order valence-electron chi connectivity index (χ3n) is 2.73. The number of sulfonamides is 1. The van der Waals surface area contributed by atoms with Crippen molar-refractivity contribution in [1.82, 2.24) is 4.72 Å². The van der Waals surface area contributed by atoms with Crippen molar-refractivity contribution < 1.29 is 18.0 Å². The minimum absolute atomic E-state index is 0.0135. The minimum Gasteiger partial charge on any atom is -0.291 e. The van der Waals surface area contributed by atoms with Gasteiger partial charge in [-0.25, -0.2) is 13.1 Å². The zero-order valence-electron chi connectivity index (χ0n) is 10.5. The fourth-order valence-corrected chi connectivity index (χ4v) is 2.81. The first-order valence-corrected chi connectivity index (χ1v) is 7.41. The standard InChI is InChI=1S/C14H12NO4S/c16-9-3-6-14(17)15-20(18,19)13-8-7-11-4-1-2-5-12(11)10-13/h1-2,4-5,7-8,10H,3,6H2,(H,15,17). The van der Waals surface area contributed by atoms with Gasteiger partial charge in [-0.3, -0.25) is 9.59 Å². The van der Waals surface area contributed by atoms with Crippen LogP contribution in [0.15, 0.2) is 47.4 Å². The quantitative estimate of drug-likeness (QED) is 0.905. The maximum absolute atomic E-state index is 12.0. The van der Waals surface area contributed by atoms with Crippen molar-refractivity contribution in [3.63, 3.8) is 0 Å². The maximum Gasteiger partial charge on any atom is 0.264 e. The summed E-state index contributed by atoms with van der Waals surface area (Å²) in [7, 11) is -3.91. The van der Waals surface area contributed by atoms with E-state index in [9.17, 15) is 18.0 Å². The van der Waals surface area contributed by atoms with E-state index in [1.165, 1.54) is 12.1 Å². The monoisotopic (exact) mass is 290 g/mol. The van der Waals surface area contributed by atoms with Crippen LogP contribution in [-0.2, 0) is 19.6 Å². The lowest BCUT2D eigenvalue weighted by molar-refractivity contribution is -0.119. The summed E-state index contributed by atoms with van der Waals surface area (Å²) in [6.45, 7) is 0. The molecule has 5 nitrogen and oxygen atoms in total. The zero-order chi connectivity index (χ0) is 14.6. The van der Waals surface area contributed by atoms with Crippen LogP contribution in [0.3, 0.4) is 0 Å². The predicted octanol–water partition coefficient (Wildman–Crippen LogP) is 1.53. The molecule has 0 fully saturated rings. The smallest absolute Gasteiger partial charge is 0.264 e. The predicted molar refractivity (Wildman–Crippen MR) is 74.2 cm³/mol. The summed E-state index contributed by atoms with van der Waals surface area (Å²) in [6, 6.07) is 11.9. The van der Waals surface area contributed by atoms with E-state index in [2.05, 4.69) is 0 Å². The molecule has 1 amide bonds. The Kier molecular flexibility index (Phi) is 4.14. The fourth-order valence-electron chi connectivity index (χ4n) is 1.76. The van der Waals surface area contributed by atoms with Crippen LogP contribution in [0.4, 0.5) is 0 Å². The van der Waals surface area contributed by atoms with Gasteiger partial charge >= 0.3 is 0 Å². The molecule has 0 saturated carbocycles. The number of amides is 1. The third-order valence-corrected chi connectivity index (χ3v) is 4.10. The van der Waals surface area contributed by atoms with Gasteiger partial charge in [0.2, 0.25) is 5.91 Å². The highest BCUT2D eigenvalue weighted by Gasteiger charge is 2.17. The Morgan fingerprint density at radius 2 is 1.80 bits per heavy atom. The van der Waals surface area contributed by atoms with Gasteiger partial charge in [-0.15, -0.1) is 0 Å². The van der Waals surface area contributed by atoms with E-state index in [4.69, 9.17) is 0 Å². The molecule has 0 saturated heterocycles. The molecule has 6 heteroatoms. The van der Waals surface area contributed by atoms with Crippen molar-refractivity contribution >= 4 is 33.0 Å². The van der Waals surface area contributed by atoms with E-state index in [1.54, 1.807) is 24.5 Å². The molecule has 0 unspecified atom stereocenters. The molecule has 0 aromatic heterocycles. The van der Waals surface area contributed by atoms with Gasteiger partial charge in [0.25, 0.3) is 10.0 Å². The summed E-state index contributed by atoms with van der Waals surface area (Å²) in [5.41, 5.74) is 0. The number of benzene rings is 2. The van der Waals surface area contributed by atoms with E-state index in [0.717, 1.165) is 10.8 Å². The minimum atomic E-state index is -3.91. The second-order valence-corrected chi connectivity index (χ2v) is 5.86. The average molecular weight is 290 g/mol. The number of carbonyl (C=O) groups is 1. The van der Waals surface area contributed by atoms with Gasteiger partial charge in [0, 0.05) is 12.8 Å². The Morgan fingerprint density at radius 1 is 1.10 bits per heavy atom. The van der Waals surface area contributed by atoms with E-state index in [-0.39, 0.29) is 17.7 Å². The molecule has 103 valence electrons. The summed E-state index contributed by atoms with van der Waals surface area (Å²) in [5.74, 6) is -0.721. The summed E-state index contributed by atoms with van der Waals surface area (Å²) in [5, 5.41) is 1.68. The van der Waals surface area contributed by atoms with Crippen molar-refractivity contribution in [2.24, 2.45) is 0 Å². The average Bonchev–Trinajstić information content (AvgIpc) is 2.44. The molecular weight excluding hydrogens is 278 g/mol. The highest BCUT2D eigenvalue weighted by Crippen LogP contribution is 2.18. The molecule has 0 atom stereocenters. The highest BCUT2D eigenvalue weighted by atomic mass is 32.2. The van der Waals surface area contributed by atoms with Crippen molar-refractivity contribution in [3.05, 3.63) is 42.5 Å². The van der Waals surface area contributed by atoms with E-state index < -0.39 is 15.9 Å². The van der Waals surface area contributed by atoms with Crippen LogP contribution in [0.5, 0.6) is 0 Å². The molecule has 0 spiro atoms. The highest BCUT2D eigenvalue weighted by molar-refractivity contribution is 7.90. The molecule has 2 rings (SSSR count). The third kappa shape index (κ3) is 3.21. The van der Waals surface area contributed by atoms with Crippen molar-refractivity contribution in [2.75, 3.05) is 0 Å². The molecule has 2 aromatic carbocycles. The number of rotatable bonds is 5. The largest absolute Gasteiger partial charge is 0.291 e. The SMILES string of the molecule is O=[C]CCC(=O)NS(=O)(=O)c1ccc2ccccc2c1. The second kappa shape index (κ2) is 5.83. The summed E-state index contributed by atoms with van der Waals surface area (Å²) in [4.78, 5) is 21.4. The summed E-state index contributed by atoms with van der Waals surface area (Å²) in [6.07, 6.45) is 1.22. The van der Waals surface area contributed by atoms with Gasteiger partial charge in [0.15, 0.2) is 6.29 Å². The molecule has 1 radical (unpaired) electrons. The summed E-state index contributed by atoms with van der Waals surface area (Å²) >= 11 is 0. The number of carbonyl (C=O) groups excluding carboxylic acids is 2. The second-order valence-electron chi connectivity index (χ2n) is 4.18. The molecular formula is C14H12NO4S. The molecule has 0 aliphatic heterocycles. The van der Waals surface area contributed by atoms with E-state index in [1.807, 2.05) is 16.9 Å². The molecule has 1 N–H and O–H groups in total. The van der Waals surface area contributed by atoms with Gasteiger partial charge < -0.3 is 0 Å². The first kappa shape index (κ1) is 14.2. The summed E-state index contributed by atoms with van der Waals surface area (Å²) < 4.78 is 26.0. The number of nitrogens with one attached hydrogen (secondary N) is 1. The Morgan fingerprint density at radius 3 is 2.50 bits per heavy atom. The van der Waals surface area contributed by atoms with Gasteiger partial charge in [-0.2, -0.15) is 0 Å². The maximum atomic E-state index is 12.0. The molecule has 0 heterocycles. The van der Waals surface area contributed by atoms with Crippen molar-refractivity contribution in [1.29, 1.82) is 0 Å². The lowest BCUT2D eigenvalue weighted by atomic mass is 10.1. The van der Waals surface area contributed by atoms with Crippen molar-refractivity contribution in [2.45, 2.75) is 17.7 Å². The molecule has 0 bridgehead atoms. The first-order valence-electron chi connectivity index (χ1n) is 5.92. The van der Waals surface area contributed by atoms with Crippen LogP contribution in [0.25, 0.3) is 10.8 Å². The fraction of sp³-hybridized carbons (Fsp3) is 0.143. The van der Waals surface area contributed by atoms with Gasteiger partial charge in [-0.05, 0) is 22.9 Å². The number of hydrogen-bond donors (Lipinski definition) is 1. The Bertz CT molecular complexity index is 753. The van der Waals surface area contributed by atoms with Gasteiger partial charge in [0.05, 0.1) is 4.90 Å². The topological polar surface area (TPSA) is 80.3 Å². The molecule has 0 aliphatic rings. The Balaban J connectivity index is 2.27. The van der Waals surface area contributed by atoms with Crippen LogP contribution >= 0.6 is 0 Å². The lowest BCUT2D eigenvalue weighted by Crippen LogP contribution is -2.30. The Labute approximate surface area is 116 Å². The van der Waals surface area contributed by atoms with Crippen LogP contribution in [0.1, 0.15) is 12.8 Å². The van der Waals surface area contributed by atoms with Crippen LogP contribution in [0.2, 0.25) is 0 Å². The Hall–Kier alpha value is -2.21. The van der Waals surface area contributed by atoms with E-state index >= 15 is 0 Å². The molecule has 0 aliphatic carbocycles. The zero-order valence-corrected chi connectivity index (χ0v) is 11.3. The molecule has 20 heavy (non-hydrogen) atoms.